The number of hydrogen-bond donors (Lipinski definition) is 0. The minimum atomic E-state index is -4.35. The van der Waals surface area contributed by atoms with Crippen LogP contribution in [0, 0.1) is 5.82 Å². The highest BCUT2D eigenvalue weighted by molar-refractivity contribution is 5.84. The number of alkyl halides is 3. The van der Waals surface area contributed by atoms with Crippen molar-refractivity contribution in [3.8, 4) is 0 Å². The quantitative estimate of drug-likeness (QED) is 0.241. The molecule has 4 aromatic rings. The minimum absolute atomic E-state index is 0.260. The van der Waals surface area contributed by atoms with Crippen LogP contribution >= 0.6 is 0 Å². The first-order valence-corrected chi connectivity index (χ1v) is 11.6. The molecule has 176 valence electrons. The van der Waals surface area contributed by atoms with Crippen molar-refractivity contribution in [2.24, 2.45) is 0 Å². The summed E-state index contributed by atoms with van der Waals surface area (Å²) in [6, 6.07) is 18.8. The van der Waals surface area contributed by atoms with Crippen molar-refractivity contribution in [3.63, 3.8) is 0 Å². The summed E-state index contributed by atoms with van der Waals surface area (Å²) in [4.78, 5) is 4.55. The fourth-order valence-corrected chi connectivity index (χ4v) is 4.19. The van der Waals surface area contributed by atoms with Gasteiger partial charge in [0.2, 0.25) is 0 Å². The Bertz CT molecular complexity index is 1240. The maximum absolute atomic E-state index is 15.1. The summed E-state index contributed by atoms with van der Waals surface area (Å²) in [5.74, 6) is -0.260. The predicted molar refractivity (Wildman–Crippen MR) is 128 cm³/mol. The van der Waals surface area contributed by atoms with E-state index in [1.807, 2.05) is 30.5 Å². The highest BCUT2D eigenvalue weighted by Gasteiger charge is 2.29. The van der Waals surface area contributed by atoms with Crippen molar-refractivity contribution in [1.29, 1.82) is 0 Å². The van der Waals surface area contributed by atoms with Crippen molar-refractivity contribution in [3.05, 3.63) is 112 Å². The summed E-state index contributed by atoms with van der Waals surface area (Å²) in [6.45, 7) is 2.15. The van der Waals surface area contributed by atoms with Crippen molar-refractivity contribution < 1.29 is 17.6 Å². The van der Waals surface area contributed by atoms with Crippen molar-refractivity contribution >= 4 is 10.8 Å². The molecule has 0 radical (unpaired) electrons. The number of rotatable bonds is 8. The van der Waals surface area contributed by atoms with Crippen LogP contribution in [0.1, 0.15) is 46.9 Å². The SMILES string of the molecule is CCCc1ccc(CCc2ccc3c(F)c(CCc4ccc(C(F)(F)F)cc4)ccc3c2)nc1. The molecule has 0 fully saturated rings. The molecule has 0 aliphatic rings. The molecule has 0 unspecified atom stereocenters. The summed E-state index contributed by atoms with van der Waals surface area (Å²) in [5.41, 5.74) is 4.07. The van der Waals surface area contributed by atoms with E-state index in [4.69, 9.17) is 0 Å². The average Bonchev–Trinajstić information content (AvgIpc) is 2.83. The van der Waals surface area contributed by atoms with Crippen LogP contribution in [0.5, 0.6) is 0 Å². The second-order valence-electron chi connectivity index (χ2n) is 8.70. The zero-order valence-corrected chi connectivity index (χ0v) is 19.1. The Morgan fingerprint density at radius 1 is 0.706 bits per heavy atom. The molecule has 1 aromatic heterocycles. The van der Waals surface area contributed by atoms with E-state index in [1.54, 1.807) is 6.07 Å². The second kappa shape index (κ2) is 10.4. The Kier molecular flexibility index (Phi) is 7.30. The van der Waals surface area contributed by atoms with Crippen LogP contribution < -0.4 is 0 Å². The maximum Gasteiger partial charge on any atom is 0.416 e. The molecule has 0 aliphatic carbocycles. The molecule has 1 heterocycles. The number of nitrogens with zero attached hydrogens (tertiary/aromatic N) is 1. The first-order chi connectivity index (χ1) is 16.3. The van der Waals surface area contributed by atoms with Crippen LogP contribution in [0.25, 0.3) is 10.8 Å². The molecule has 0 aliphatic heterocycles. The highest BCUT2D eigenvalue weighted by Crippen LogP contribution is 2.29. The molecule has 0 saturated heterocycles. The molecule has 0 spiro atoms. The van der Waals surface area contributed by atoms with Crippen molar-refractivity contribution in [2.75, 3.05) is 0 Å². The minimum Gasteiger partial charge on any atom is -0.261 e. The summed E-state index contributed by atoms with van der Waals surface area (Å²) in [7, 11) is 0. The number of fused-ring (bicyclic) bond motifs is 1. The number of aryl methyl sites for hydroxylation is 5. The maximum atomic E-state index is 15.1. The van der Waals surface area contributed by atoms with Gasteiger partial charge in [0.1, 0.15) is 5.82 Å². The van der Waals surface area contributed by atoms with E-state index in [1.165, 1.54) is 17.7 Å². The van der Waals surface area contributed by atoms with Crippen LogP contribution in [-0.4, -0.2) is 4.98 Å². The van der Waals surface area contributed by atoms with Gasteiger partial charge in [-0.15, -0.1) is 0 Å². The van der Waals surface area contributed by atoms with Crippen molar-refractivity contribution in [2.45, 2.75) is 51.6 Å². The van der Waals surface area contributed by atoms with E-state index in [-0.39, 0.29) is 5.82 Å². The van der Waals surface area contributed by atoms with Gasteiger partial charge in [-0.1, -0.05) is 61.9 Å². The molecular weight excluding hydrogens is 438 g/mol. The Balaban J connectivity index is 1.41. The first kappa shape index (κ1) is 23.9. The Morgan fingerprint density at radius 3 is 2.09 bits per heavy atom. The number of pyridine rings is 1. The molecule has 5 heteroatoms. The lowest BCUT2D eigenvalue weighted by Gasteiger charge is -2.10. The van der Waals surface area contributed by atoms with Gasteiger partial charge in [-0.25, -0.2) is 4.39 Å². The third-order valence-corrected chi connectivity index (χ3v) is 6.16. The van der Waals surface area contributed by atoms with E-state index in [0.29, 0.717) is 23.8 Å². The van der Waals surface area contributed by atoms with Crippen LogP contribution in [-0.2, 0) is 38.3 Å². The summed E-state index contributed by atoms with van der Waals surface area (Å²) in [5, 5.41) is 1.41. The summed E-state index contributed by atoms with van der Waals surface area (Å²) >= 11 is 0. The van der Waals surface area contributed by atoms with Crippen molar-refractivity contribution in [1.82, 2.24) is 4.98 Å². The van der Waals surface area contributed by atoms with Gasteiger partial charge in [-0.05, 0) is 77.9 Å². The molecule has 0 atom stereocenters. The number of aromatic nitrogens is 1. The number of hydrogen-bond acceptors (Lipinski definition) is 1. The summed E-state index contributed by atoms with van der Waals surface area (Å²) < 4.78 is 53.3. The molecular formula is C29H27F4N. The average molecular weight is 466 g/mol. The third kappa shape index (κ3) is 5.82. The van der Waals surface area contributed by atoms with Gasteiger partial charge in [0.05, 0.1) is 5.56 Å². The second-order valence-corrected chi connectivity index (χ2v) is 8.70. The molecule has 3 aromatic carbocycles. The molecule has 0 saturated carbocycles. The highest BCUT2D eigenvalue weighted by atomic mass is 19.4. The van der Waals surface area contributed by atoms with Gasteiger partial charge in [0, 0.05) is 17.3 Å². The monoisotopic (exact) mass is 465 g/mol. The van der Waals surface area contributed by atoms with Gasteiger partial charge in [-0.2, -0.15) is 13.2 Å². The van der Waals surface area contributed by atoms with Crippen LogP contribution in [0.2, 0.25) is 0 Å². The smallest absolute Gasteiger partial charge is 0.261 e. The lowest BCUT2D eigenvalue weighted by molar-refractivity contribution is -0.137. The zero-order chi connectivity index (χ0) is 24.1. The largest absolute Gasteiger partial charge is 0.416 e. The van der Waals surface area contributed by atoms with Gasteiger partial charge in [0.25, 0.3) is 0 Å². The van der Waals surface area contributed by atoms with Gasteiger partial charge >= 0.3 is 6.18 Å². The lowest BCUT2D eigenvalue weighted by atomic mass is 9.97. The van der Waals surface area contributed by atoms with E-state index < -0.39 is 11.7 Å². The Morgan fingerprint density at radius 2 is 1.41 bits per heavy atom. The lowest BCUT2D eigenvalue weighted by Crippen LogP contribution is -2.04. The molecule has 1 nitrogen and oxygen atoms in total. The Labute approximate surface area is 197 Å². The molecule has 34 heavy (non-hydrogen) atoms. The number of benzene rings is 3. The molecule has 0 bridgehead atoms. The zero-order valence-electron chi connectivity index (χ0n) is 19.1. The van der Waals surface area contributed by atoms with Gasteiger partial charge in [-0.3, -0.25) is 4.98 Å². The van der Waals surface area contributed by atoms with Crippen LogP contribution in [0.3, 0.4) is 0 Å². The molecule has 0 N–H and O–H groups in total. The first-order valence-electron chi connectivity index (χ1n) is 11.6. The van der Waals surface area contributed by atoms with Crippen LogP contribution in [0.4, 0.5) is 17.6 Å². The number of halogens is 4. The summed E-state index contributed by atoms with van der Waals surface area (Å²) in [6.07, 6.45) is 2.29. The van der Waals surface area contributed by atoms with Gasteiger partial charge in [0.15, 0.2) is 0 Å². The standard InChI is InChI=1S/C29H27F4N/c1-2-3-22-8-16-26(34-19-22)15-7-21-9-17-27-24(18-21)12-11-23(28(27)30)10-4-20-5-13-25(14-6-20)29(31,32)33/h5-6,8-9,11-14,16-19H,2-4,7,10,15H2,1H3. The third-order valence-electron chi connectivity index (χ3n) is 6.16. The normalized spacial score (nSPS) is 11.8. The van der Waals surface area contributed by atoms with E-state index in [9.17, 15) is 13.2 Å². The van der Waals surface area contributed by atoms with Crippen LogP contribution in [0.15, 0.2) is 72.9 Å². The fraction of sp³-hybridized carbons (Fsp3) is 0.276. The topological polar surface area (TPSA) is 12.9 Å². The predicted octanol–water partition coefficient (Wildman–Crippen LogP) is 7.92. The van der Waals surface area contributed by atoms with E-state index in [0.717, 1.165) is 60.0 Å². The molecule has 4 rings (SSSR count). The van der Waals surface area contributed by atoms with E-state index in [2.05, 4.69) is 24.0 Å². The van der Waals surface area contributed by atoms with E-state index >= 15 is 4.39 Å². The molecule has 0 amide bonds. The van der Waals surface area contributed by atoms with Gasteiger partial charge < -0.3 is 0 Å². The fourth-order valence-electron chi connectivity index (χ4n) is 4.19. The Hall–Kier alpha value is -3.21.